The summed E-state index contributed by atoms with van der Waals surface area (Å²) in [7, 11) is 0. The highest BCUT2D eigenvalue weighted by Crippen LogP contribution is 2.32. The normalized spacial score (nSPS) is 19.5. The van der Waals surface area contributed by atoms with Crippen molar-refractivity contribution >= 4 is 34.5 Å². The minimum atomic E-state index is 0.199. The average molecular weight is 299 g/mol. The highest BCUT2D eigenvalue weighted by molar-refractivity contribution is 7.80. The minimum absolute atomic E-state index is 0.199. The van der Waals surface area contributed by atoms with E-state index in [0.717, 1.165) is 37.1 Å². The molecule has 3 N–H and O–H groups in total. The largest absolute Gasteiger partial charge is 0.396 e. The van der Waals surface area contributed by atoms with Gasteiger partial charge in [-0.15, -0.1) is 0 Å². The van der Waals surface area contributed by atoms with Gasteiger partial charge in [0.25, 0.3) is 0 Å². The van der Waals surface area contributed by atoms with Crippen molar-refractivity contribution in [3.8, 4) is 0 Å². The van der Waals surface area contributed by atoms with Crippen molar-refractivity contribution in [3.05, 3.63) is 28.8 Å². The van der Waals surface area contributed by atoms with Crippen molar-refractivity contribution in [1.29, 1.82) is 0 Å². The van der Waals surface area contributed by atoms with Crippen LogP contribution in [0.2, 0.25) is 5.02 Å². The lowest BCUT2D eigenvalue weighted by atomic mass is 9.97. The van der Waals surface area contributed by atoms with E-state index >= 15 is 0 Å². The first-order chi connectivity index (χ1) is 9.15. The Balaban J connectivity index is 2.38. The Morgan fingerprint density at radius 1 is 1.47 bits per heavy atom. The molecule has 1 aliphatic rings. The third kappa shape index (κ3) is 3.19. The molecule has 5 heteroatoms. The highest BCUT2D eigenvalue weighted by Gasteiger charge is 2.25. The molecule has 1 aliphatic heterocycles. The Morgan fingerprint density at radius 3 is 2.95 bits per heavy atom. The molecule has 0 amide bonds. The number of aliphatic hydroxyl groups excluding tert-OH is 1. The summed E-state index contributed by atoms with van der Waals surface area (Å²) in [5.41, 5.74) is 7.56. The standard InChI is InChI=1S/C14H19ClN2OS/c15-11-5-3-6-12(13(11)14(16)19)17-8-2-1-4-10(17)7-9-18/h3,5-6,10,18H,1-2,4,7-9H2,(H2,16,19). The molecule has 3 nitrogen and oxygen atoms in total. The maximum atomic E-state index is 9.21. The first-order valence-electron chi connectivity index (χ1n) is 6.61. The molecule has 1 aromatic rings. The molecule has 1 atom stereocenters. The summed E-state index contributed by atoms with van der Waals surface area (Å²) in [6, 6.07) is 6.08. The maximum Gasteiger partial charge on any atom is 0.107 e. The van der Waals surface area contributed by atoms with Crippen molar-refractivity contribution in [3.63, 3.8) is 0 Å². The van der Waals surface area contributed by atoms with Gasteiger partial charge >= 0.3 is 0 Å². The number of benzene rings is 1. The van der Waals surface area contributed by atoms with E-state index in [1.54, 1.807) is 0 Å². The minimum Gasteiger partial charge on any atom is -0.396 e. The van der Waals surface area contributed by atoms with Crippen LogP contribution in [-0.4, -0.2) is 29.3 Å². The molecule has 104 valence electrons. The lowest BCUT2D eigenvalue weighted by Crippen LogP contribution is -2.41. The third-order valence-corrected chi connectivity index (χ3v) is 4.16. The molecule has 1 aromatic carbocycles. The molecule has 0 bridgehead atoms. The lowest BCUT2D eigenvalue weighted by molar-refractivity contribution is 0.262. The van der Waals surface area contributed by atoms with Gasteiger partial charge < -0.3 is 15.7 Å². The Kier molecular flexibility index (Phi) is 5.02. The van der Waals surface area contributed by atoms with Crippen molar-refractivity contribution in [2.24, 2.45) is 5.73 Å². The number of rotatable bonds is 4. The van der Waals surface area contributed by atoms with E-state index in [9.17, 15) is 5.11 Å². The zero-order chi connectivity index (χ0) is 13.8. The molecular formula is C14H19ClN2OS. The van der Waals surface area contributed by atoms with Crippen molar-refractivity contribution < 1.29 is 5.11 Å². The summed E-state index contributed by atoms with van der Waals surface area (Å²) >= 11 is 11.4. The fraction of sp³-hybridized carbons (Fsp3) is 0.500. The quantitative estimate of drug-likeness (QED) is 0.839. The lowest BCUT2D eigenvalue weighted by Gasteiger charge is -2.38. The van der Waals surface area contributed by atoms with E-state index in [4.69, 9.17) is 29.6 Å². The van der Waals surface area contributed by atoms with Crippen molar-refractivity contribution in [2.75, 3.05) is 18.1 Å². The molecule has 1 unspecified atom stereocenters. The Morgan fingerprint density at radius 2 is 2.26 bits per heavy atom. The molecule has 0 radical (unpaired) electrons. The molecule has 1 fully saturated rings. The van der Waals surface area contributed by atoms with Crippen LogP contribution in [0.5, 0.6) is 0 Å². The van der Waals surface area contributed by atoms with Gasteiger partial charge in [0.2, 0.25) is 0 Å². The van der Waals surface area contributed by atoms with Crippen LogP contribution >= 0.6 is 23.8 Å². The van der Waals surface area contributed by atoms with Crippen LogP contribution in [0.1, 0.15) is 31.2 Å². The van der Waals surface area contributed by atoms with Crippen molar-refractivity contribution in [1.82, 2.24) is 0 Å². The van der Waals surface area contributed by atoms with E-state index in [0.29, 0.717) is 16.1 Å². The number of aliphatic hydroxyl groups is 1. The Hall–Kier alpha value is -0.840. The van der Waals surface area contributed by atoms with E-state index in [1.807, 2.05) is 18.2 Å². The predicted molar refractivity (Wildman–Crippen MR) is 84.0 cm³/mol. The van der Waals surface area contributed by atoms with Crippen molar-refractivity contribution in [2.45, 2.75) is 31.7 Å². The second-order valence-electron chi connectivity index (χ2n) is 4.85. The monoisotopic (exact) mass is 298 g/mol. The summed E-state index contributed by atoms with van der Waals surface area (Å²) in [5.74, 6) is 0. The second-order valence-corrected chi connectivity index (χ2v) is 5.70. The summed E-state index contributed by atoms with van der Waals surface area (Å²) in [4.78, 5) is 2.62. The van der Waals surface area contributed by atoms with Crippen LogP contribution in [-0.2, 0) is 0 Å². The van der Waals surface area contributed by atoms with Gasteiger partial charge in [-0.3, -0.25) is 0 Å². The highest BCUT2D eigenvalue weighted by atomic mass is 35.5. The van der Waals surface area contributed by atoms with Crippen LogP contribution in [0.4, 0.5) is 5.69 Å². The smallest absolute Gasteiger partial charge is 0.107 e. The fourth-order valence-corrected chi connectivity index (χ4v) is 3.30. The fourth-order valence-electron chi connectivity index (χ4n) is 2.76. The number of hydrogen-bond donors (Lipinski definition) is 2. The van der Waals surface area contributed by atoms with Gasteiger partial charge in [0, 0.05) is 24.9 Å². The molecular weight excluding hydrogens is 280 g/mol. The first kappa shape index (κ1) is 14.6. The number of halogens is 1. The van der Waals surface area contributed by atoms with Gasteiger partial charge in [0.15, 0.2) is 0 Å². The van der Waals surface area contributed by atoms with Crippen LogP contribution in [0.15, 0.2) is 18.2 Å². The molecule has 0 saturated carbocycles. The van der Waals surface area contributed by atoms with Gasteiger partial charge in [0.05, 0.1) is 10.6 Å². The van der Waals surface area contributed by atoms with E-state index < -0.39 is 0 Å². The van der Waals surface area contributed by atoms with Crippen LogP contribution in [0.25, 0.3) is 0 Å². The summed E-state index contributed by atoms with van der Waals surface area (Å²) in [5, 5.41) is 9.81. The number of thiocarbonyl (C=S) groups is 1. The van der Waals surface area contributed by atoms with Gasteiger partial charge in [-0.1, -0.05) is 29.9 Å². The third-order valence-electron chi connectivity index (χ3n) is 3.64. The van der Waals surface area contributed by atoms with Gasteiger partial charge in [-0.25, -0.2) is 0 Å². The average Bonchev–Trinajstić information content (AvgIpc) is 2.39. The molecule has 19 heavy (non-hydrogen) atoms. The van der Waals surface area contributed by atoms with Crippen LogP contribution in [0, 0.1) is 0 Å². The summed E-state index contributed by atoms with van der Waals surface area (Å²) in [6.07, 6.45) is 4.20. The van der Waals surface area contributed by atoms with Gasteiger partial charge in [-0.2, -0.15) is 0 Å². The van der Waals surface area contributed by atoms with E-state index in [1.165, 1.54) is 6.42 Å². The van der Waals surface area contributed by atoms with E-state index in [2.05, 4.69) is 4.90 Å². The number of nitrogens with two attached hydrogens (primary N) is 1. The van der Waals surface area contributed by atoms with Crippen LogP contribution < -0.4 is 10.6 Å². The number of hydrogen-bond acceptors (Lipinski definition) is 3. The zero-order valence-electron chi connectivity index (χ0n) is 10.8. The Labute approximate surface area is 124 Å². The van der Waals surface area contributed by atoms with E-state index in [-0.39, 0.29) is 6.61 Å². The first-order valence-corrected chi connectivity index (χ1v) is 7.39. The molecule has 0 aromatic heterocycles. The molecule has 0 aliphatic carbocycles. The predicted octanol–water partition coefficient (Wildman–Crippen LogP) is 2.72. The maximum absolute atomic E-state index is 9.21. The number of anilines is 1. The second kappa shape index (κ2) is 6.55. The van der Waals surface area contributed by atoms with Gasteiger partial charge in [0.1, 0.15) is 4.99 Å². The summed E-state index contributed by atoms with van der Waals surface area (Å²) < 4.78 is 0. The number of nitrogens with zero attached hydrogens (tertiary/aromatic N) is 1. The summed E-state index contributed by atoms with van der Waals surface area (Å²) in [6.45, 7) is 1.16. The topological polar surface area (TPSA) is 49.5 Å². The van der Waals surface area contributed by atoms with Gasteiger partial charge in [-0.05, 0) is 37.8 Å². The zero-order valence-corrected chi connectivity index (χ0v) is 12.4. The molecule has 2 rings (SSSR count). The molecule has 0 spiro atoms. The van der Waals surface area contributed by atoms with Crippen LogP contribution in [0.3, 0.4) is 0 Å². The molecule has 1 saturated heterocycles. The molecule has 1 heterocycles. The number of piperidine rings is 1. The Bertz CT molecular complexity index is 465. The SMILES string of the molecule is NC(=S)c1c(Cl)cccc1N1CCCCC1CCO.